The maximum atomic E-state index is 13.9. The standard InChI is InChI=1S/C20H21F4N5O2S/c1-19(2,31)16(21)8-26-18(30)12-7-25-17(6-14(12)27-9-20(22,23)24)29-11-3-4-13-15(5-11)32-10-28-13/h3-7,10,16,31H,8-9H2,1-2H3,(H,26,30)(H2,25,27,29)/t16-/m1/s1. The van der Waals surface area contributed by atoms with E-state index in [4.69, 9.17) is 0 Å². The Morgan fingerprint density at radius 3 is 2.66 bits per heavy atom. The van der Waals surface area contributed by atoms with Gasteiger partial charge in [0.05, 0.1) is 39.1 Å². The number of alkyl halides is 4. The molecule has 3 aromatic rings. The molecule has 32 heavy (non-hydrogen) atoms. The largest absolute Gasteiger partial charge is 0.405 e. The number of benzene rings is 1. The lowest BCUT2D eigenvalue weighted by atomic mass is 10.0. The summed E-state index contributed by atoms with van der Waals surface area (Å²) in [6.45, 7) is 0.590. The quantitative estimate of drug-likeness (QED) is 0.367. The van der Waals surface area contributed by atoms with E-state index in [0.717, 1.165) is 16.4 Å². The topological polar surface area (TPSA) is 99.2 Å². The molecular weight excluding hydrogens is 450 g/mol. The first-order valence-corrected chi connectivity index (χ1v) is 10.4. The van der Waals surface area contributed by atoms with Gasteiger partial charge in [-0.25, -0.2) is 14.4 Å². The van der Waals surface area contributed by atoms with Crippen molar-refractivity contribution in [2.45, 2.75) is 31.8 Å². The van der Waals surface area contributed by atoms with E-state index in [1.54, 1.807) is 17.6 Å². The van der Waals surface area contributed by atoms with Crippen molar-refractivity contribution in [3.8, 4) is 0 Å². The molecule has 172 valence electrons. The van der Waals surface area contributed by atoms with Crippen molar-refractivity contribution in [3.63, 3.8) is 0 Å². The summed E-state index contributed by atoms with van der Waals surface area (Å²) in [4.78, 5) is 20.7. The van der Waals surface area contributed by atoms with Gasteiger partial charge in [-0.1, -0.05) is 0 Å². The first-order chi connectivity index (χ1) is 14.9. The van der Waals surface area contributed by atoms with E-state index in [0.29, 0.717) is 5.69 Å². The fourth-order valence-electron chi connectivity index (χ4n) is 2.65. The Balaban J connectivity index is 1.81. The third-order valence-electron chi connectivity index (χ3n) is 4.44. The molecule has 0 saturated heterocycles. The Hall–Kier alpha value is -2.99. The van der Waals surface area contributed by atoms with Gasteiger partial charge in [0.15, 0.2) is 0 Å². The van der Waals surface area contributed by atoms with Gasteiger partial charge in [0.25, 0.3) is 5.91 Å². The molecule has 0 spiro atoms. The number of rotatable bonds is 8. The summed E-state index contributed by atoms with van der Waals surface area (Å²) < 4.78 is 53.1. The van der Waals surface area contributed by atoms with Crippen LogP contribution in [0.25, 0.3) is 10.2 Å². The summed E-state index contributed by atoms with van der Waals surface area (Å²) in [6.07, 6.45) is -5.19. The fraction of sp³-hybridized carbons (Fsp3) is 0.350. The minimum absolute atomic E-state index is 0.130. The molecule has 1 aromatic carbocycles. The highest BCUT2D eigenvalue weighted by atomic mass is 32.1. The smallest absolute Gasteiger partial charge is 0.387 e. The average molecular weight is 471 g/mol. The highest BCUT2D eigenvalue weighted by Gasteiger charge is 2.29. The number of carbonyl (C=O) groups is 1. The van der Waals surface area contributed by atoms with E-state index in [9.17, 15) is 27.5 Å². The number of hydrogen-bond acceptors (Lipinski definition) is 7. The van der Waals surface area contributed by atoms with E-state index >= 15 is 0 Å². The maximum Gasteiger partial charge on any atom is 0.405 e. The van der Waals surface area contributed by atoms with Gasteiger partial charge in [-0.15, -0.1) is 11.3 Å². The summed E-state index contributed by atoms with van der Waals surface area (Å²) in [7, 11) is 0. The number of nitrogens with zero attached hydrogens (tertiary/aromatic N) is 2. The molecule has 1 amide bonds. The van der Waals surface area contributed by atoms with Gasteiger partial charge in [0, 0.05) is 18.0 Å². The predicted octanol–water partition coefficient (Wildman–Crippen LogP) is 4.25. The van der Waals surface area contributed by atoms with Gasteiger partial charge in [0.1, 0.15) is 18.5 Å². The Kier molecular flexibility index (Phi) is 6.84. The van der Waals surface area contributed by atoms with Crippen molar-refractivity contribution in [2.24, 2.45) is 0 Å². The molecule has 3 rings (SSSR count). The molecule has 12 heteroatoms. The van der Waals surface area contributed by atoms with Gasteiger partial charge in [0.2, 0.25) is 0 Å². The molecule has 0 bridgehead atoms. The van der Waals surface area contributed by atoms with Crippen LogP contribution in [0.15, 0.2) is 36.0 Å². The molecule has 7 nitrogen and oxygen atoms in total. The van der Waals surface area contributed by atoms with Gasteiger partial charge < -0.3 is 21.1 Å². The average Bonchev–Trinajstić information content (AvgIpc) is 3.17. The number of carbonyl (C=O) groups excluding carboxylic acids is 1. The van der Waals surface area contributed by atoms with Gasteiger partial charge >= 0.3 is 6.18 Å². The van der Waals surface area contributed by atoms with Crippen molar-refractivity contribution in [2.75, 3.05) is 23.7 Å². The zero-order valence-corrected chi connectivity index (χ0v) is 17.9. The lowest BCUT2D eigenvalue weighted by molar-refractivity contribution is -0.115. The van der Waals surface area contributed by atoms with E-state index in [-0.39, 0.29) is 17.1 Å². The number of fused-ring (bicyclic) bond motifs is 1. The Bertz CT molecular complexity index is 1100. The highest BCUT2D eigenvalue weighted by molar-refractivity contribution is 7.16. The lowest BCUT2D eigenvalue weighted by Crippen LogP contribution is -2.42. The third kappa shape index (κ3) is 6.26. The lowest BCUT2D eigenvalue weighted by Gasteiger charge is -2.22. The summed E-state index contributed by atoms with van der Waals surface area (Å²) in [5.41, 5.74) is 1.13. The number of aliphatic hydroxyl groups is 1. The van der Waals surface area contributed by atoms with Crippen molar-refractivity contribution in [3.05, 3.63) is 41.5 Å². The molecular formula is C20H21F4N5O2S. The van der Waals surface area contributed by atoms with Crippen LogP contribution in [0.4, 0.5) is 34.8 Å². The molecule has 1 atom stereocenters. The SMILES string of the molecule is CC(C)(O)[C@H](F)CNC(=O)c1cnc(Nc2ccc3ncsc3c2)cc1NCC(F)(F)F. The molecule has 2 aromatic heterocycles. The zero-order chi connectivity index (χ0) is 23.5. The fourth-order valence-corrected chi connectivity index (χ4v) is 3.37. The number of nitrogens with one attached hydrogen (secondary N) is 3. The maximum absolute atomic E-state index is 13.9. The van der Waals surface area contributed by atoms with E-state index in [1.165, 1.54) is 31.3 Å². The number of aromatic nitrogens is 2. The van der Waals surface area contributed by atoms with Crippen LogP contribution in [0.5, 0.6) is 0 Å². The highest BCUT2D eigenvalue weighted by Crippen LogP contribution is 2.27. The van der Waals surface area contributed by atoms with Crippen LogP contribution in [-0.2, 0) is 0 Å². The molecule has 0 aliphatic heterocycles. The Labute approximate surface area is 184 Å². The molecule has 0 radical (unpaired) electrons. The van der Waals surface area contributed by atoms with Crippen molar-refractivity contribution >= 4 is 44.7 Å². The van der Waals surface area contributed by atoms with Crippen molar-refractivity contribution in [1.29, 1.82) is 0 Å². The number of thiazole rings is 1. The number of amides is 1. The van der Waals surface area contributed by atoms with Crippen molar-refractivity contribution in [1.82, 2.24) is 15.3 Å². The van der Waals surface area contributed by atoms with E-state index in [1.807, 2.05) is 6.07 Å². The van der Waals surface area contributed by atoms with E-state index < -0.39 is 36.9 Å². The van der Waals surface area contributed by atoms with E-state index in [2.05, 4.69) is 25.9 Å². The summed E-state index contributed by atoms with van der Waals surface area (Å²) in [5, 5.41) is 17.1. The molecule has 0 aliphatic rings. The first kappa shape index (κ1) is 23.7. The summed E-state index contributed by atoms with van der Waals surface area (Å²) >= 11 is 1.43. The number of halogens is 4. The molecule has 0 unspecified atom stereocenters. The Morgan fingerprint density at radius 1 is 1.22 bits per heavy atom. The zero-order valence-electron chi connectivity index (χ0n) is 17.1. The molecule has 0 fully saturated rings. The van der Waals surface area contributed by atoms with Gasteiger partial charge in [-0.05, 0) is 32.0 Å². The van der Waals surface area contributed by atoms with Crippen LogP contribution >= 0.6 is 11.3 Å². The minimum atomic E-state index is -4.52. The predicted molar refractivity (Wildman–Crippen MR) is 115 cm³/mol. The third-order valence-corrected chi connectivity index (χ3v) is 5.23. The molecule has 0 aliphatic carbocycles. The number of hydrogen-bond donors (Lipinski definition) is 4. The number of pyridine rings is 1. The van der Waals surface area contributed by atoms with Crippen LogP contribution in [0, 0.1) is 0 Å². The second-order valence-corrected chi connectivity index (χ2v) is 8.46. The van der Waals surface area contributed by atoms with Crippen LogP contribution in [0.1, 0.15) is 24.2 Å². The van der Waals surface area contributed by atoms with Crippen LogP contribution in [-0.4, -0.2) is 52.0 Å². The first-order valence-electron chi connectivity index (χ1n) is 9.48. The minimum Gasteiger partial charge on any atom is -0.387 e. The van der Waals surface area contributed by atoms with Crippen LogP contribution in [0.3, 0.4) is 0 Å². The summed E-state index contributed by atoms with van der Waals surface area (Å²) in [5.74, 6) is -0.623. The monoisotopic (exact) mass is 471 g/mol. The van der Waals surface area contributed by atoms with Crippen LogP contribution < -0.4 is 16.0 Å². The molecule has 2 heterocycles. The van der Waals surface area contributed by atoms with Gasteiger partial charge in [-0.3, -0.25) is 4.79 Å². The van der Waals surface area contributed by atoms with Crippen LogP contribution in [0.2, 0.25) is 0 Å². The summed E-state index contributed by atoms with van der Waals surface area (Å²) in [6, 6.07) is 6.61. The molecule has 4 N–H and O–H groups in total. The number of anilines is 3. The van der Waals surface area contributed by atoms with Crippen molar-refractivity contribution < 1.29 is 27.5 Å². The normalized spacial score (nSPS) is 13.1. The Morgan fingerprint density at radius 2 is 1.97 bits per heavy atom. The second kappa shape index (κ2) is 9.25. The second-order valence-electron chi connectivity index (χ2n) is 7.57. The van der Waals surface area contributed by atoms with Gasteiger partial charge in [-0.2, -0.15) is 13.2 Å². The molecule has 0 saturated carbocycles.